The summed E-state index contributed by atoms with van der Waals surface area (Å²) >= 11 is 7.37. The van der Waals surface area contributed by atoms with Crippen LogP contribution in [0.4, 0.5) is 0 Å². The minimum Gasteiger partial charge on any atom is -0.344 e. The van der Waals surface area contributed by atoms with Crippen molar-refractivity contribution in [3.63, 3.8) is 0 Å². The van der Waals surface area contributed by atoms with E-state index in [2.05, 4.69) is 10.3 Å². The van der Waals surface area contributed by atoms with E-state index in [0.29, 0.717) is 23.2 Å². The summed E-state index contributed by atoms with van der Waals surface area (Å²) in [6, 6.07) is 7.71. The van der Waals surface area contributed by atoms with Crippen LogP contribution in [0.3, 0.4) is 0 Å². The molecular formula is C16H18ClN3OS. The highest BCUT2D eigenvalue weighted by molar-refractivity contribution is 7.09. The lowest BCUT2D eigenvalue weighted by atomic mass is 9.77. The van der Waals surface area contributed by atoms with Gasteiger partial charge in [0.1, 0.15) is 10.7 Å². The molecule has 1 unspecified atom stereocenters. The van der Waals surface area contributed by atoms with Crippen LogP contribution in [-0.4, -0.2) is 10.9 Å². The van der Waals surface area contributed by atoms with E-state index < -0.39 is 0 Å². The highest BCUT2D eigenvalue weighted by Crippen LogP contribution is 2.38. The molecule has 0 spiro atoms. The molecule has 1 aromatic heterocycles. The second-order valence-corrected chi connectivity index (χ2v) is 6.90. The zero-order valence-corrected chi connectivity index (χ0v) is 13.7. The number of hydrogen-bond acceptors (Lipinski definition) is 4. The molecule has 1 saturated carbocycles. The SMILES string of the molecule is NCc1nc(C(=O)NC(c2ccc(Cl)cc2)C2CCC2)cs1. The maximum Gasteiger partial charge on any atom is 0.271 e. The lowest BCUT2D eigenvalue weighted by Crippen LogP contribution is -2.36. The van der Waals surface area contributed by atoms with Crippen molar-refractivity contribution in [3.8, 4) is 0 Å². The van der Waals surface area contributed by atoms with Crippen molar-refractivity contribution in [2.24, 2.45) is 11.7 Å². The second kappa shape index (κ2) is 6.77. The van der Waals surface area contributed by atoms with Gasteiger partial charge in [0.05, 0.1) is 6.04 Å². The summed E-state index contributed by atoms with van der Waals surface area (Å²) in [7, 11) is 0. The Bertz CT molecular complexity index is 652. The molecule has 3 N–H and O–H groups in total. The van der Waals surface area contributed by atoms with Gasteiger partial charge >= 0.3 is 0 Å². The van der Waals surface area contributed by atoms with Crippen LogP contribution >= 0.6 is 22.9 Å². The molecule has 0 bridgehead atoms. The first-order chi connectivity index (χ1) is 10.7. The first-order valence-electron chi connectivity index (χ1n) is 7.38. The summed E-state index contributed by atoms with van der Waals surface area (Å²) in [6.45, 7) is 0.362. The number of aromatic nitrogens is 1. The number of nitrogens with two attached hydrogens (primary N) is 1. The van der Waals surface area contributed by atoms with Crippen molar-refractivity contribution in [2.45, 2.75) is 31.8 Å². The average Bonchev–Trinajstić information content (AvgIpc) is 2.94. The number of hydrogen-bond donors (Lipinski definition) is 2. The van der Waals surface area contributed by atoms with E-state index in [9.17, 15) is 4.79 Å². The molecule has 1 aliphatic rings. The monoisotopic (exact) mass is 335 g/mol. The maximum absolute atomic E-state index is 12.4. The van der Waals surface area contributed by atoms with Gasteiger partial charge in [0.15, 0.2) is 0 Å². The second-order valence-electron chi connectivity index (χ2n) is 5.52. The fourth-order valence-corrected chi connectivity index (χ4v) is 3.42. The van der Waals surface area contributed by atoms with Crippen LogP contribution in [0.15, 0.2) is 29.6 Å². The van der Waals surface area contributed by atoms with E-state index in [0.717, 1.165) is 23.4 Å². The van der Waals surface area contributed by atoms with Crippen molar-refractivity contribution in [1.82, 2.24) is 10.3 Å². The number of rotatable bonds is 5. The molecule has 2 aromatic rings. The number of thiazole rings is 1. The van der Waals surface area contributed by atoms with Crippen molar-refractivity contribution in [1.29, 1.82) is 0 Å². The summed E-state index contributed by atoms with van der Waals surface area (Å²) < 4.78 is 0. The Morgan fingerprint density at radius 3 is 2.68 bits per heavy atom. The Labute approximate surface area is 138 Å². The smallest absolute Gasteiger partial charge is 0.271 e. The third-order valence-electron chi connectivity index (χ3n) is 4.10. The number of benzene rings is 1. The first kappa shape index (κ1) is 15.5. The Hall–Kier alpha value is -1.43. The molecule has 1 aromatic carbocycles. The summed E-state index contributed by atoms with van der Waals surface area (Å²) in [6.07, 6.45) is 3.50. The van der Waals surface area contributed by atoms with Gasteiger partial charge in [0, 0.05) is 16.9 Å². The average molecular weight is 336 g/mol. The predicted octanol–water partition coefficient (Wildman–Crippen LogP) is 3.53. The molecular weight excluding hydrogens is 318 g/mol. The van der Waals surface area contributed by atoms with Crippen LogP contribution in [0, 0.1) is 5.92 Å². The van der Waals surface area contributed by atoms with Crippen molar-refractivity contribution in [3.05, 3.63) is 50.9 Å². The molecule has 0 aliphatic heterocycles. The Balaban J connectivity index is 1.77. The minimum atomic E-state index is -0.136. The maximum atomic E-state index is 12.4. The molecule has 4 nitrogen and oxygen atoms in total. The van der Waals surface area contributed by atoms with Crippen LogP contribution in [0.5, 0.6) is 0 Å². The van der Waals surface area contributed by atoms with Gasteiger partial charge < -0.3 is 11.1 Å². The molecule has 22 heavy (non-hydrogen) atoms. The van der Waals surface area contributed by atoms with Gasteiger partial charge in [-0.25, -0.2) is 4.98 Å². The van der Waals surface area contributed by atoms with E-state index >= 15 is 0 Å². The largest absolute Gasteiger partial charge is 0.344 e. The van der Waals surface area contributed by atoms with Gasteiger partial charge in [0.25, 0.3) is 5.91 Å². The van der Waals surface area contributed by atoms with Crippen LogP contribution in [-0.2, 0) is 6.54 Å². The van der Waals surface area contributed by atoms with E-state index in [-0.39, 0.29) is 11.9 Å². The van der Waals surface area contributed by atoms with Gasteiger partial charge in [-0.1, -0.05) is 30.2 Å². The van der Waals surface area contributed by atoms with E-state index in [1.807, 2.05) is 24.3 Å². The fraction of sp³-hybridized carbons (Fsp3) is 0.375. The van der Waals surface area contributed by atoms with Crippen molar-refractivity contribution in [2.75, 3.05) is 0 Å². The number of halogens is 1. The van der Waals surface area contributed by atoms with Crippen LogP contribution < -0.4 is 11.1 Å². The van der Waals surface area contributed by atoms with Crippen molar-refractivity contribution < 1.29 is 4.79 Å². The Morgan fingerprint density at radius 1 is 1.41 bits per heavy atom. The summed E-state index contributed by atoms with van der Waals surface area (Å²) in [4.78, 5) is 16.7. The third-order valence-corrected chi connectivity index (χ3v) is 5.22. The highest BCUT2D eigenvalue weighted by Gasteiger charge is 2.30. The quantitative estimate of drug-likeness (QED) is 0.878. The van der Waals surface area contributed by atoms with E-state index in [1.165, 1.54) is 17.8 Å². The summed E-state index contributed by atoms with van der Waals surface area (Å²) in [5.41, 5.74) is 7.09. The molecule has 1 aliphatic carbocycles. The molecule has 3 rings (SSSR count). The molecule has 1 amide bonds. The van der Waals surface area contributed by atoms with Crippen LogP contribution in [0.25, 0.3) is 0 Å². The van der Waals surface area contributed by atoms with Gasteiger partial charge in [-0.2, -0.15) is 0 Å². The number of nitrogens with zero attached hydrogens (tertiary/aromatic N) is 1. The number of carbonyl (C=O) groups is 1. The molecule has 0 radical (unpaired) electrons. The molecule has 1 atom stereocenters. The lowest BCUT2D eigenvalue weighted by molar-refractivity contribution is 0.0896. The fourth-order valence-electron chi connectivity index (χ4n) is 2.64. The van der Waals surface area contributed by atoms with Crippen LogP contribution in [0.2, 0.25) is 5.02 Å². The van der Waals surface area contributed by atoms with Gasteiger partial charge in [-0.05, 0) is 36.5 Å². The van der Waals surface area contributed by atoms with Gasteiger partial charge in [0.2, 0.25) is 0 Å². The first-order valence-corrected chi connectivity index (χ1v) is 8.64. The zero-order chi connectivity index (χ0) is 15.5. The summed E-state index contributed by atoms with van der Waals surface area (Å²) in [5.74, 6) is 0.348. The molecule has 116 valence electrons. The topological polar surface area (TPSA) is 68.0 Å². The highest BCUT2D eigenvalue weighted by atomic mass is 35.5. The van der Waals surface area contributed by atoms with Gasteiger partial charge in [-0.3, -0.25) is 4.79 Å². The van der Waals surface area contributed by atoms with Gasteiger partial charge in [-0.15, -0.1) is 11.3 Å². The van der Waals surface area contributed by atoms with E-state index in [4.69, 9.17) is 17.3 Å². The predicted molar refractivity (Wildman–Crippen MR) is 89.0 cm³/mol. The number of amides is 1. The Kier molecular flexibility index (Phi) is 4.76. The molecule has 1 fully saturated rings. The standard InChI is InChI=1S/C16H18ClN3OS/c17-12-6-4-11(5-7-12)15(10-2-1-3-10)20-16(21)13-9-22-14(8-18)19-13/h4-7,9-10,15H,1-3,8,18H2,(H,20,21). The normalized spacial score (nSPS) is 16.1. The Morgan fingerprint density at radius 2 is 2.14 bits per heavy atom. The molecule has 1 heterocycles. The number of carbonyl (C=O) groups excluding carboxylic acids is 1. The number of nitrogens with one attached hydrogen (secondary N) is 1. The minimum absolute atomic E-state index is 0.0153. The van der Waals surface area contributed by atoms with Crippen LogP contribution in [0.1, 0.15) is 46.4 Å². The van der Waals surface area contributed by atoms with E-state index in [1.54, 1.807) is 5.38 Å². The van der Waals surface area contributed by atoms with Crippen molar-refractivity contribution >= 4 is 28.8 Å². The molecule has 0 saturated heterocycles. The summed E-state index contributed by atoms with van der Waals surface area (Å²) in [5, 5.41) is 6.37. The molecule has 6 heteroatoms. The third kappa shape index (κ3) is 3.32. The zero-order valence-electron chi connectivity index (χ0n) is 12.1. The lowest BCUT2D eigenvalue weighted by Gasteiger charge is -2.34.